The lowest BCUT2D eigenvalue weighted by Crippen LogP contribution is -2.25. The molecule has 3 rings (SSSR count). The second-order valence-corrected chi connectivity index (χ2v) is 10.6. The van der Waals surface area contributed by atoms with Crippen LogP contribution in [-0.4, -0.2) is 5.97 Å². The molecule has 36 heavy (non-hydrogen) atoms. The SMILES string of the molecule is CCCCCCCCCCc1ccc(OC(=O)C2CCC(c3ccc(CCC)cc3)CC2)c(C#N)c1. The van der Waals surface area contributed by atoms with Gasteiger partial charge in [0, 0.05) is 0 Å². The Labute approximate surface area is 219 Å². The number of esters is 1. The molecular formula is C33H45NO2. The smallest absolute Gasteiger partial charge is 0.314 e. The van der Waals surface area contributed by atoms with Crippen LogP contribution in [0.1, 0.15) is 125 Å². The molecule has 0 N–H and O–H groups in total. The van der Waals surface area contributed by atoms with Crippen LogP contribution in [0.15, 0.2) is 42.5 Å². The van der Waals surface area contributed by atoms with E-state index in [-0.39, 0.29) is 11.9 Å². The van der Waals surface area contributed by atoms with Gasteiger partial charge >= 0.3 is 5.97 Å². The quantitative estimate of drug-likeness (QED) is 0.152. The fourth-order valence-electron chi connectivity index (χ4n) is 5.47. The first kappa shape index (κ1) is 28.0. The van der Waals surface area contributed by atoms with Crippen LogP contribution < -0.4 is 4.74 Å². The molecule has 0 amide bonds. The van der Waals surface area contributed by atoms with Gasteiger partial charge in [-0.15, -0.1) is 0 Å². The Balaban J connectivity index is 1.43. The maximum atomic E-state index is 12.9. The van der Waals surface area contributed by atoms with Gasteiger partial charge in [-0.25, -0.2) is 0 Å². The van der Waals surface area contributed by atoms with E-state index in [0.717, 1.165) is 50.5 Å². The standard InChI is InChI=1S/C33H45NO2/c1-3-5-6-7-8-9-10-11-13-27-16-23-32(31(24-27)25-34)36-33(35)30-21-19-29(20-22-30)28-17-14-26(12-4-2)15-18-28/h14-18,23-24,29-30H,3-13,19-22H2,1-2H3. The Bertz CT molecular complexity index is 964. The lowest BCUT2D eigenvalue weighted by molar-refractivity contribution is -0.140. The van der Waals surface area contributed by atoms with E-state index in [2.05, 4.69) is 44.2 Å². The summed E-state index contributed by atoms with van der Waals surface area (Å²) in [5.41, 5.74) is 4.42. The highest BCUT2D eigenvalue weighted by molar-refractivity contribution is 5.76. The van der Waals surface area contributed by atoms with Gasteiger partial charge in [0.2, 0.25) is 0 Å². The molecule has 2 aromatic rings. The molecule has 0 spiro atoms. The van der Waals surface area contributed by atoms with Crippen molar-refractivity contribution in [1.82, 2.24) is 0 Å². The van der Waals surface area contributed by atoms with E-state index >= 15 is 0 Å². The Hall–Kier alpha value is -2.60. The number of unbranched alkanes of at least 4 members (excludes halogenated alkanes) is 7. The van der Waals surface area contributed by atoms with Gasteiger partial charge in [-0.05, 0) is 79.7 Å². The number of carbonyl (C=O) groups excluding carboxylic acids is 1. The number of carbonyl (C=O) groups is 1. The van der Waals surface area contributed by atoms with Crippen molar-refractivity contribution >= 4 is 5.97 Å². The van der Waals surface area contributed by atoms with Crippen LogP contribution in [0.5, 0.6) is 5.75 Å². The van der Waals surface area contributed by atoms with Crippen molar-refractivity contribution < 1.29 is 9.53 Å². The molecule has 3 nitrogen and oxygen atoms in total. The van der Waals surface area contributed by atoms with Crippen LogP contribution in [0, 0.1) is 17.2 Å². The molecule has 0 aromatic heterocycles. The van der Waals surface area contributed by atoms with Gasteiger partial charge in [-0.2, -0.15) is 5.26 Å². The zero-order chi connectivity index (χ0) is 25.6. The van der Waals surface area contributed by atoms with Gasteiger partial charge in [0.15, 0.2) is 0 Å². The molecule has 0 unspecified atom stereocenters. The molecule has 2 aromatic carbocycles. The molecule has 0 saturated heterocycles. The molecule has 1 aliphatic rings. The van der Waals surface area contributed by atoms with E-state index in [1.54, 1.807) is 0 Å². The summed E-state index contributed by atoms with van der Waals surface area (Å²) in [5, 5.41) is 9.65. The Morgan fingerprint density at radius 3 is 2.08 bits per heavy atom. The molecular weight excluding hydrogens is 442 g/mol. The molecule has 1 saturated carbocycles. The summed E-state index contributed by atoms with van der Waals surface area (Å²) in [6, 6.07) is 17.0. The summed E-state index contributed by atoms with van der Waals surface area (Å²) in [6.45, 7) is 4.46. The monoisotopic (exact) mass is 487 g/mol. The van der Waals surface area contributed by atoms with Crippen LogP contribution in [0.3, 0.4) is 0 Å². The number of rotatable bonds is 14. The maximum absolute atomic E-state index is 12.9. The van der Waals surface area contributed by atoms with Crippen molar-refractivity contribution in [2.45, 2.75) is 116 Å². The minimum atomic E-state index is -0.181. The van der Waals surface area contributed by atoms with E-state index in [1.165, 1.54) is 62.5 Å². The number of hydrogen-bond acceptors (Lipinski definition) is 3. The van der Waals surface area contributed by atoms with Crippen molar-refractivity contribution in [2.75, 3.05) is 0 Å². The number of nitrogens with zero attached hydrogens (tertiary/aromatic N) is 1. The highest BCUT2D eigenvalue weighted by Gasteiger charge is 2.29. The van der Waals surface area contributed by atoms with Crippen molar-refractivity contribution in [3.63, 3.8) is 0 Å². The summed E-state index contributed by atoms with van der Waals surface area (Å²) in [7, 11) is 0. The van der Waals surface area contributed by atoms with Crippen LogP contribution in [0.2, 0.25) is 0 Å². The molecule has 194 valence electrons. The first-order chi connectivity index (χ1) is 17.6. The molecule has 0 bridgehead atoms. The third-order valence-electron chi connectivity index (χ3n) is 7.74. The second kappa shape index (κ2) is 15.5. The molecule has 0 heterocycles. The number of aryl methyl sites for hydroxylation is 2. The van der Waals surface area contributed by atoms with Gasteiger partial charge < -0.3 is 4.74 Å². The van der Waals surface area contributed by atoms with Gasteiger partial charge in [0.25, 0.3) is 0 Å². The van der Waals surface area contributed by atoms with Crippen LogP contribution in [0.25, 0.3) is 0 Å². The predicted octanol–water partition coefficient (Wildman–Crippen LogP) is 9.07. The highest BCUT2D eigenvalue weighted by atomic mass is 16.5. The summed E-state index contributed by atoms with van der Waals surface area (Å²) >= 11 is 0. The zero-order valence-corrected chi connectivity index (χ0v) is 22.6. The van der Waals surface area contributed by atoms with Gasteiger partial charge in [0.1, 0.15) is 11.8 Å². The summed E-state index contributed by atoms with van der Waals surface area (Å²) in [5.74, 6) is 0.675. The molecule has 0 atom stereocenters. The lowest BCUT2D eigenvalue weighted by atomic mass is 9.78. The molecule has 1 aliphatic carbocycles. The fourth-order valence-corrected chi connectivity index (χ4v) is 5.47. The Morgan fingerprint density at radius 2 is 1.44 bits per heavy atom. The topological polar surface area (TPSA) is 50.1 Å². The Kier molecular flexibility index (Phi) is 12.0. The number of hydrogen-bond donors (Lipinski definition) is 0. The zero-order valence-electron chi connectivity index (χ0n) is 22.6. The summed E-state index contributed by atoms with van der Waals surface area (Å²) < 4.78 is 5.74. The molecule has 0 radical (unpaired) electrons. The first-order valence-electron chi connectivity index (χ1n) is 14.5. The molecule has 0 aliphatic heterocycles. The lowest BCUT2D eigenvalue weighted by Gasteiger charge is -2.27. The number of nitriles is 1. The van der Waals surface area contributed by atoms with Gasteiger partial charge in [-0.3, -0.25) is 4.79 Å². The highest BCUT2D eigenvalue weighted by Crippen LogP contribution is 2.37. The van der Waals surface area contributed by atoms with Crippen molar-refractivity contribution in [3.8, 4) is 11.8 Å². The second-order valence-electron chi connectivity index (χ2n) is 10.6. The summed E-state index contributed by atoms with van der Waals surface area (Å²) in [6.07, 6.45) is 17.3. The van der Waals surface area contributed by atoms with Crippen LogP contribution in [-0.2, 0) is 17.6 Å². The minimum Gasteiger partial charge on any atom is -0.425 e. The van der Waals surface area contributed by atoms with Crippen molar-refractivity contribution in [1.29, 1.82) is 5.26 Å². The van der Waals surface area contributed by atoms with Crippen LogP contribution in [0.4, 0.5) is 0 Å². The number of benzene rings is 2. The van der Waals surface area contributed by atoms with Crippen LogP contribution >= 0.6 is 0 Å². The normalized spacial score (nSPS) is 17.5. The minimum absolute atomic E-state index is 0.0795. The average molecular weight is 488 g/mol. The van der Waals surface area contributed by atoms with E-state index in [9.17, 15) is 10.1 Å². The Morgan fingerprint density at radius 1 is 0.806 bits per heavy atom. The van der Waals surface area contributed by atoms with E-state index in [4.69, 9.17) is 4.74 Å². The largest absolute Gasteiger partial charge is 0.425 e. The third-order valence-corrected chi connectivity index (χ3v) is 7.74. The maximum Gasteiger partial charge on any atom is 0.314 e. The predicted molar refractivity (Wildman–Crippen MR) is 148 cm³/mol. The van der Waals surface area contributed by atoms with Gasteiger partial charge in [-0.1, -0.05) is 95.5 Å². The van der Waals surface area contributed by atoms with Crippen molar-refractivity contribution in [2.24, 2.45) is 5.92 Å². The van der Waals surface area contributed by atoms with Crippen molar-refractivity contribution in [3.05, 3.63) is 64.7 Å². The molecule has 1 fully saturated rings. The molecule has 3 heteroatoms. The van der Waals surface area contributed by atoms with Gasteiger partial charge in [0.05, 0.1) is 11.5 Å². The average Bonchev–Trinajstić information content (AvgIpc) is 2.91. The van der Waals surface area contributed by atoms with E-state index in [0.29, 0.717) is 17.2 Å². The fraction of sp³-hybridized carbons (Fsp3) is 0.576. The third kappa shape index (κ3) is 8.81. The first-order valence-corrected chi connectivity index (χ1v) is 14.5. The summed E-state index contributed by atoms with van der Waals surface area (Å²) in [4.78, 5) is 12.9. The van der Waals surface area contributed by atoms with E-state index in [1.807, 2.05) is 18.2 Å². The van der Waals surface area contributed by atoms with E-state index < -0.39 is 0 Å². The number of ether oxygens (including phenoxy) is 1.